The third kappa shape index (κ3) is 3.01. The van der Waals surface area contributed by atoms with Gasteiger partial charge in [0.15, 0.2) is 5.13 Å². The summed E-state index contributed by atoms with van der Waals surface area (Å²) in [7, 11) is 4.01. The lowest BCUT2D eigenvalue weighted by molar-refractivity contribution is 0.689. The molecule has 86 valence electrons. The number of hydrogen-bond donors (Lipinski definition) is 1. The minimum atomic E-state index is 0.818. The molecular weight excluding hydrogens is 240 g/mol. The van der Waals surface area contributed by atoms with Crippen LogP contribution < -0.4 is 10.2 Å². The largest absolute Gasteiger partial charge is 0.354 e. The summed E-state index contributed by atoms with van der Waals surface area (Å²) in [6.45, 7) is 1.67. The highest BCUT2D eigenvalue weighted by molar-refractivity contribution is 7.15. The van der Waals surface area contributed by atoms with Crippen LogP contribution >= 0.6 is 22.7 Å². The second-order valence-corrected chi connectivity index (χ2v) is 5.40. The first-order valence-corrected chi connectivity index (χ1v) is 6.71. The van der Waals surface area contributed by atoms with E-state index in [4.69, 9.17) is 0 Å². The summed E-state index contributed by atoms with van der Waals surface area (Å²) < 4.78 is 0. The first-order chi connectivity index (χ1) is 7.75. The Balaban J connectivity index is 1.81. The monoisotopic (exact) mass is 254 g/mol. The number of rotatable bonds is 5. The molecule has 0 aliphatic carbocycles. The molecule has 0 aliphatic rings. The zero-order valence-electron chi connectivity index (χ0n) is 9.30. The van der Waals surface area contributed by atoms with Gasteiger partial charge in [-0.15, -0.1) is 22.7 Å². The normalized spacial score (nSPS) is 10.6. The Morgan fingerprint density at radius 3 is 2.81 bits per heavy atom. The summed E-state index contributed by atoms with van der Waals surface area (Å²) in [5.74, 6) is 0. The molecule has 0 aliphatic heterocycles. The molecule has 0 aromatic carbocycles. The first kappa shape index (κ1) is 11.5. The van der Waals surface area contributed by atoms with Crippen LogP contribution in [0.3, 0.4) is 0 Å². The number of aromatic nitrogens is 2. The maximum Gasteiger partial charge on any atom is 0.185 e. The zero-order valence-corrected chi connectivity index (χ0v) is 10.9. The molecule has 0 radical (unpaired) electrons. The van der Waals surface area contributed by atoms with Gasteiger partial charge in [-0.1, -0.05) is 0 Å². The number of anilines is 1. The van der Waals surface area contributed by atoms with Crippen LogP contribution in [0, 0.1) is 0 Å². The van der Waals surface area contributed by atoms with Crippen molar-refractivity contribution in [2.24, 2.45) is 0 Å². The van der Waals surface area contributed by atoms with Crippen LogP contribution in [0.5, 0.6) is 0 Å². The maximum atomic E-state index is 4.32. The lowest BCUT2D eigenvalue weighted by atomic mass is 10.4. The molecule has 0 bridgehead atoms. The van der Waals surface area contributed by atoms with Crippen molar-refractivity contribution in [3.05, 3.63) is 27.7 Å². The van der Waals surface area contributed by atoms with Crippen molar-refractivity contribution in [1.82, 2.24) is 15.3 Å². The molecule has 2 aromatic rings. The van der Waals surface area contributed by atoms with Gasteiger partial charge in [-0.05, 0) is 0 Å². The Morgan fingerprint density at radius 1 is 1.31 bits per heavy atom. The lowest BCUT2D eigenvalue weighted by Gasteiger charge is -2.05. The third-order valence-electron chi connectivity index (χ3n) is 2.01. The van der Waals surface area contributed by atoms with Gasteiger partial charge in [0.25, 0.3) is 0 Å². The number of hydrogen-bond acceptors (Lipinski definition) is 6. The fraction of sp³-hybridized carbons (Fsp3) is 0.400. The van der Waals surface area contributed by atoms with Crippen molar-refractivity contribution < 1.29 is 0 Å². The van der Waals surface area contributed by atoms with E-state index in [0.29, 0.717) is 0 Å². The Bertz CT molecular complexity index is 422. The molecular formula is C10H14N4S2. The van der Waals surface area contributed by atoms with E-state index >= 15 is 0 Å². The Hall–Kier alpha value is -0.980. The van der Waals surface area contributed by atoms with E-state index in [1.807, 2.05) is 30.7 Å². The highest BCUT2D eigenvalue weighted by Gasteiger charge is 2.03. The average molecular weight is 254 g/mol. The first-order valence-electron chi connectivity index (χ1n) is 4.95. The van der Waals surface area contributed by atoms with Gasteiger partial charge in [0.05, 0.1) is 11.2 Å². The molecule has 1 N–H and O–H groups in total. The maximum absolute atomic E-state index is 4.32. The predicted octanol–water partition coefficient (Wildman–Crippen LogP) is 1.96. The molecule has 2 heterocycles. The van der Waals surface area contributed by atoms with Gasteiger partial charge in [0, 0.05) is 43.6 Å². The van der Waals surface area contributed by atoms with Crippen molar-refractivity contribution in [2.45, 2.75) is 13.1 Å². The van der Waals surface area contributed by atoms with E-state index in [2.05, 4.69) is 20.7 Å². The van der Waals surface area contributed by atoms with E-state index in [9.17, 15) is 0 Å². The van der Waals surface area contributed by atoms with Gasteiger partial charge in [-0.2, -0.15) is 0 Å². The van der Waals surface area contributed by atoms with Crippen LogP contribution in [0.1, 0.15) is 10.6 Å². The minimum absolute atomic E-state index is 0.818. The summed E-state index contributed by atoms with van der Waals surface area (Å²) in [5.41, 5.74) is 2.95. The molecule has 0 spiro atoms. The fourth-order valence-electron chi connectivity index (χ4n) is 1.22. The SMILES string of the molecule is CN(C)c1ncc(CNCc2cscn2)s1. The Kier molecular flexibility index (Phi) is 3.87. The van der Waals surface area contributed by atoms with E-state index < -0.39 is 0 Å². The Morgan fingerprint density at radius 2 is 2.19 bits per heavy atom. The molecule has 0 fully saturated rings. The number of nitrogens with one attached hydrogen (secondary N) is 1. The van der Waals surface area contributed by atoms with E-state index in [1.165, 1.54) is 4.88 Å². The molecule has 2 rings (SSSR count). The molecule has 0 saturated carbocycles. The van der Waals surface area contributed by atoms with Gasteiger partial charge >= 0.3 is 0 Å². The second kappa shape index (κ2) is 5.38. The van der Waals surface area contributed by atoms with E-state index in [-0.39, 0.29) is 0 Å². The summed E-state index contributed by atoms with van der Waals surface area (Å²) in [6.07, 6.45) is 1.92. The topological polar surface area (TPSA) is 41.1 Å². The Labute approximate surface area is 103 Å². The van der Waals surface area contributed by atoms with Crippen molar-refractivity contribution in [3.8, 4) is 0 Å². The van der Waals surface area contributed by atoms with Crippen LogP contribution in [-0.4, -0.2) is 24.1 Å². The highest BCUT2D eigenvalue weighted by atomic mass is 32.1. The molecule has 0 saturated heterocycles. The highest BCUT2D eigenvalue weighted by Crippen LogP contribution is 2.19. The number of nitrogens with zero attached hydrogens (tertiary/aromatic N) is 3. The quantitative estimate of drug-likeness (QED) is 0.885. The van der Waals surface area contributed by atoms with Gasteiger partial charge in [0.1, 0.15) is 0 Å². The molecule has 6 heteroatoms. The zero-order chi connectivity index (χ0) is 11.4. The standard InChI is InChI=1S/C10H14N4S2/c1-14(2)10-12-5-9(16-10)4-11-3-8-6-15-7-13-8/h5-7,11H,3-4H2,1-2H3. The van der Waals surface area contributed by atoms with Crippen molar-refractivity contribution in [3.63, 3.8) is 0 Å². The second-order valence-electron chi connectivity index (χ2n) is 3.59. The predicted molar refractivity (Wildman–Crippen MR) is 69.1 cm³/mol. The summed E-state index contributed by atoms with van der Waals surface area (Å²) in [5, 5.41) is 6.46. The van der Waals surface area contributed by atoms with Gasteiger partial charge in [-0.3, -0.25) is 0 Å². The van der Waals surface area contributed by atoms with Crippen LogP contribution in [0.4, 0.5) is 5.13 Å². The molecule has 16 heavy (non-hydrogen) atoms. The van der Waals surface area contributed by atoms with Gasteiger partial charge < -0.3 is 10.2 Å². The fourth-order valence-corrected chi connectivity index (χ4v) is 2.58. The number of thiazole rings is 2. The van der Waals surface area contributed by atoms with Crippen LogP contribution in [0.15, 0.2) is 17.1 Å². The molecule has 4 nitrogen and oxygen atoms in total. The average Bonchev–Trinajstić information content (AvgIpc) is 2.87. The lowest BCUT2D eigenvalue weighted by Crippen LogP contribution is -2.11. The smallest absolute Gasteiger partial charge is 0.185 e. The molecule has 0 unspecified atom stereocenters. The summed E-state index contributed by atoms with van der Waals surface area (Å²) >= 11 is 3.34. The van der Waals surface area contributed by atoms with Gasteiger partial charge in [-0.25, -0.2) is 9.97 Å². The van der Waals surface area contributed by atoms with Crippen molar-refractivity contribution in [1.29, 1.82) is 0 Å². The van der Waals surface area contributed by atoms with Crippen LogP contribution in [-0.2, 0) is 13.1 Å². The summed E-state index contributed by atoms with van der Waals surface area (Å²) in [6, 6.07) is 0. The summed E-state index contributed by atoms with van der Waals surface area (Å²) in [4.78, 5) is 11.8. The third-order valence-corrected chi connectivity index (χ3v) is 3.81. The van der Waals surface area contributed by atoms with Crippen molar-refractivity contribution >= 4 is 27.8 Å². The van der Waals surface area contributed by atoms with Crippen molar-refractivity contribution in [2.75, 3.05) is 19.0 Å². The molecule has 0 atom stereocenters. The molecule has 0 amide bonds. The van der Waals surface area contributed by atoms with Gasteiger partial charge in [0.2, 0.25) is 0 Å². The van der Waals surface area contributed by atoms with Crippen LogP contribution in [0.2, 0.25) is 0 Å². The minimum Gasteiger partial charge on any atom is -0.354 e. The van der Waals surface area contributed by atoms with Crippen LogP contribution in [0.25, 0.3) is 0 Å². The molecule has 2 aromatic heterocycles. The van der Waals surface area contributed by atoms with E-state index in [1.54, 1.807) is 22.7 Å². The van der Waals surface area contributed by atoms with E-state index in [0.717, 1.165) is 23.9 Å².